The Morgan fingerprint density at radius 3 is 2.81 bits per heavy atom. The van der Waals surface area contributed by atoms with Gasteiger partial charge in [-0.25, -0.2) is 0 Å². The second-order valence-electron chi connectivity index (χ2n) is 5.53. The number of anilines is 1. The first kappa shape index (κ1) is 17.8. The van der Waals surface area contributed by atoms with Gasteiger partial charge in [-0.2, -0.15) is 0 Å². The van der Waals surface area contributed by atoms with Crippen molar-refractivity contribution >= 4 is 24.0 Å². The highest BCUT2D eigenvalue weighted by Crippen LogP contribution is 2.16. The van der Waals surface area contributed by atoms with Crippen LogP contribution in [0, 0.1) is 0 Å². The van der Waals surface area contributed by atoms with Crippen molar-refractivity contribution in [3.63, 3.8) is 0 Å². The summed E-state index contributed by atoms with van der Waals surface area (Å²) in [5.74, 6) is 0.103. The molecule has 0 saturated carbocycles. The molecule has 1 heterocycles. The van der Waals surface area contributed by atoms with Crippen molar-refractivity contribution in [1.82, 2.24) is 4.90 Å². The van der Waals surface area contributed by atoms with Crippen LogP contribution in [-0.4, -0.2) is 36.0 Å². The van der Waals surface area contributed by atoms with E-state index in [0.29, 0.717) is 6.04 Å². The number of piperidine rings is 1. The van der Waals surface area contributed by atoms with Crippen molar-refractivity contribution in [2.24, 2.45) is 5.73 Å². The molecule has 4 nitrogen and oxygen atoms in total. The van der Waals surface area contributed by atoms with Crippen molar-refractivity contribution in [2.75, 3.05) is 18.4 Å². The Labute approximate surface area is 133 Å². The van der Waals surface area contributed by atoms with Crippen LogP contribution in [0.15, 0.2) is 30.3 Å². The number of para-hydroxylation sites is 1. The predicted molar refractivity (Wildman–Crippen MR) is 89.8 cm³/mol. The molecule has 1 amide bonds. The number of halogens is 1. The Morgan fingerprint density at radius 2 is 2.14 bits per heavy atom. The second-order valence-corrected chi connectivity index (χ2v) is 5.53. The first-order valence-corrected chi connectivity index (χ1v) is 7.56. The first-order chi connectivity index (χ1) is 9.70. The van der Waals surface area contributed by atoms with Gasteiger partial charge in [0.1, 0.15) is 0 Å². The molecule has 3 N–H and O–H groups in total. The van der Waals surface area contributed by atoms with Crippen LogP contribution in [0.4, 0.5) is 5.69 Å². The van der Waals surface area contributed by atoms with Gasteiger partial charge in [-0.1, -0.05) is 31.5 Å². The van der Waals surface area contributed by atoms with Gasteiger partial charge in [0.25, 0.3) is 0 Å². The lowest BCUT2D eigenvalue weighted by molar-refractivity contribution is -0.133. The zero-order chi connectivity index (χ0) is 14.4. The Kier molecular flexibility index (Phi) is 7.54. The van der Waals surface area contributed by atoms with Gasteiger partial charge in [-0.3, -0.25) is 4.79 Å². The van der Waals surface area contributed by atoms with Crippen LogP contribution in [0.5, 0.6) is 0 Å². The zero-order valence-electron chi connectivity index (χ0n) is 12.6. The highest BCUT2D eigenvalue weighted by molar-refractivity contribution is 5.85. The SMILES string of the molecule is CCCC(N)C(=O)N1CCCC(Nc2ccccc2)C1.Cl. The van der Waals surface area contributed by atoms with Crippen molar-refractivity contribution in [1.29, 1.82) is 0 Å². The highest BCUT2D eigenvalue weighted by atomic mass is 35.5. The Hall–Kier alpha value is -1.26. The third kappa shape index (κ3) is 5.21. The minimum absolute atomic E-state index is 0. The molecule has 0 spiro atoms. The van der Waals surface area contributed by atoms with Gasteiger partial charge < -0.3 is 16.0 Å². The number of nitrogens with two attached hydrogens (primary N) is 1. The molecule has 0 radical (unpaired) electrons. The molecule has 1 aliphatic rings. The van der Waals surface area contributed by atoms with E-state index in [9.17, 15) is 4.79 Å². The van der Waals surface area contributed by atoms with Crippen LogP contribution in [-0.2, 0) is 4.79 Å². The molecule has 1 fully saturated rings. The summed E-state index contributed by atoms with van der Waals surface area (Å²) < 4.78 is 0. The summed E-state index contributed by atoms with van der Waals surface area (Å²) in [6.45, 7) is 3.65. The second kappa shape index (κ2) is 8.90. The zero-order valence-corrected chi connectivity index (χ0v) is 13.4. The summed E-state index contributed by atoms with van der Waals surface area (Å²) in [4.78, 5) is 14.2. The van der Waals surface area contributed by atoms with E-state index < -0.39 is 0 Å². The molecule has 0 aromatic heterocycles. The summed E-state index contributed by atoms with van der Waals surface area (Å²) in [6, 6.07) is 10.1. The fourth-order valence-corrected chi connectivity index (χ4v) is 2.73. The maximum absolute atomic E-state index is 12.3. The van der Waals surface area contributed by atoms with Crippen LogP contribution in [0.1, 0.15) is 32.6 Å². The maximum Gasteiger partial charge on any atom is 0.239 e. The molecular weight excluding hydrogens is 286 g/mol. The molecule has 1 aromatic carbocycles. The molecule has 118 valence electrons. The Morgan fingerprint density at radius 1 is 1.43 bits per heavy atom. The smallest absolute Gasteiger partial charge is 0.239 e. The van der Waals surface area contributed by atoms with Crippen molar-refractivity contribution in [2.45, 2.75) is 44.7 Å². The van der Waals surface area contributed by atoms with Crippen molar-refractivity contribution in [3.8, 4) is 0 Å². The number of hydrogen-bond donors (Lipinski definition) is 2. The molecular formula is C16H26ClN3O. The lowest BCUT2D eigenvalue weighted by atomic mass is 10.0. The van der Waals surface area contributed by atoms with Gasteiger partial charge >= 0.3 is 0 Å². The average Bonchev–Trinajstić information content (AvgIpc) is 2.48. The number of hydrogen-bond acceptors (Lipinski definition) is 3. The van der Waals surface area contributed by atoms with E-state index in [2.05, 4.69) is 24.4 Å². The number of likely N-dealkylation sites (tertiary alicyclic amines) is 1. The number of nitrogens with zero attached hydrogens (tertiary/aromatic N) is 1. The van der Waals surface area contributed by atoms with E-state index in [1.165, 1.54) is 0 Å². The largest absolute Gasteiger partial charge is 0.381 e. The van der Waals surface area contributed by atoms with Crippen LogP contribution in [0.2, 0.25) is 0 Å². The maximum atomic E-state index is 12.3. The molecule has 2 rings (SSSR count). The highest BCUT2D eigenvalue weighted by Gasteiger charge is 2.26. The molecule has 2 atom stereocenters. The van der Waals surface area contributed by atoms with Gasteiger partial charge in [0, 0.05) is 24.8 Å². The number of amides is 1. The topological polar surface area (TPSA) is 58.4 Å². The van der Waals surface area contributed by atoms with Crippen LogP contribution < -0.4 is 11.1 Å². The van der Waals surface area contributed by atoms with Crippen molar-refractivity contribution < 1.29 is 4.79 Å². The first-order valence-electron chi connectivity index (χ1n) is 7.56. The lowest BCUT2D eigenvalue weighted by Gasteiger charge is -2.35. The number of carbonyl (C=O) groups is 1. The standard InChI is InChI=1S/C16H25N3O.ClH/c1-2-7-15(17)16(20)19-11-6-10-14(12-19)18-13-8-4-3-5-9-13;/h3-5,8-9,14-15,18H,2,6-7,10-12,17H2,1H3;1H. The minimum Gasteiger partial charge on any atom is -0.381 e. The third-order valence-electron chi connectivity index (χ3n) is 3.79. The number of benzene rings is 1. The monoisotopic (exact) mass is 311 g/mol. The Bertz CT molecular complexity index is 427. The predicted octanol–water partition coefficient (Wildman–Crippen LogP) is 2.64. The number of nitrogens with one attached hydrogen (secondary N) is 1. The number of rotatable bonds is 5. The van der Waals surface area contributed by atoms with E-state index in [1.54, 1.807) is 0 Å². The molecule has 1 aliphatic heterocycles. The van der Waals surface area contributed by atoms with E-state index in [4.69, 9.17) is 5.73 Å². The molecule has 5 heteroatoms. The fraction of sp³-hybridized carbons (Fsp3) is 0.562. The van der Waals surface area contributed by atoms with Crippen LogP contribution in [0.25, 0.3) is 0 Å². The van der Waals surface area contributed by atoms with Gasteiger partial charge in [0.05, 0.1) is 6.04 Å². The summed E-state index contributed by atoms with van der Waals surface area (Å²) in [5.41, 5.74) is 7.06. The van der Waals surface area contributed by atoms with Crippen molar-refractivity contribution in [3.05, 3.63) is 30.3 Å². The molecule has 1 aromatic rings. The van der Waals surface area contributed by atoms with Gasteiger partial charge in [-0.05, 0) is 31.4 Å². The molecule has 1 saturated heterocycles. The summed E-state index contributed by atoms with van der Waals surface area (Å²) in [7, 11) is 0. The third-order valence-corrected chi connectivity index (χ3v) is 3.79. The average molecular weight is 312 g/mol. The van der Waals surface area contributed by atoms with E-state index in [0.717, 1.165) is 44.5 Å². The summed E-state index contributed by atoms with van der Waals surface area (Å²) >= 11 is 0. The van der Waals surface area contributed by atoms with Gasteiger partial charge in [0.15, 0.2) is 0 Å². The van der Waals surface area contributed by atoms with Crippen LogP contribution >= 0.6 is 12.4 Å². The fourth-order valence-electron chi connectivity index (χ4n) is 2.73. The Balaban J connectivity index is 0.00000220. The molecule has 2 unspecified atom stereocenters. The van der Waals surface area contributed by atoms with E-state index in [-0.39, 0.29) is 24.4 Å². The normalized spacial score (nSPS) is 19.5. The van der Waals surface area contributed by atoms with E-state index >= 15 is 0 Å². The quantitative estimate of drug-likeness (QED) is 0.879. The molecule has 0 bridgehead atoms. The molecule has 0 aliphatic carbocycles. The molecule has 21 heavy (non-hydrogen) atoms. The number of carbonyl (C=O) groups excluding carboxylic acids is 1. The minimum atomic E-state index is -0.338. The van der Waals surface area contributed by atoms with E-state index in [1.807, 2.05) is 23.1 Å². The lowest BCUT2D eigenvalue weighted by Crippen LogP contribution is -2.50. The summed E-state index contributed by atoms with van der Waals surface area (Å²) in [6.07, 6.45) is 3.86. The van der Waals surface area contributed by atoms with Gasteiger partial charge in [0.2, 0.25) is 5.91 Å². The van der Waals surface area contributed by atoms with Crippen LogP contribution in [0.3, 0.4) is 0 Å². The van der Waals surface area contributed by atoms with Gasteiger partial charge in [-0.15, -0.1) is 12.4 Å². The summed E-state index contributed by atoms with van der Waals surface area (Å²) in [5, 5.41) is 3.50.